The van der Waals surface area contributed by atoms with Gasteiger partial charge in [0.2, 0.25) is 0 Å². The summed E-state index contributed by atoms with van der Waals surface area (Å²) in [7, 11) is -3.25. The van der Waals surface area contributed by atoms with E-state index in [1.807, 2.05) is 12.1 Å². The Morgan fingerprint density at radius 1 is 1.10 bits per heavy atom. The van der Waals surface area contributed by atoms with Crippen LogP contribution in [0, 0.1) is 0 Å². The van der Waals surface area contributed by atoms with Gasteiger partial charge in [-0.25, -0.2) is 8.42 Å². The molecule has 0 unspecified atom stereocenters. The summed E-state index contributed by atoms with van der Waals surface area (Å²) in [5.74, 6) is 0.621. The van der Waals surface area contributed by atoms with E-state index in [9.17, 15) is 8.42 Å². The number of sulfone groups is 1. The van der Waals surface area contributed by atoms with Crippen LogP contribution < -0.4 is 15.8 Å². The van der Waals surface area contributed by atoms with Crippen molar-refractivity contribution in [3.05, 3.63) is 48.5 Å². The highest BCUT2D eigenvalue weighted by Gasteiger charge is 2.11. The predicted molar refractivity (Wildman–Crippen MR) is 84.4 cm³/mol. The summed E-state index contributed by atoms with van der Waals surface area (Å²) in [6, 6.07) is 14.0. The van der Waals surface area contributed by atoms with Gasteiger partial charge >= 0.3 is 0 Å². The van der Waals surface area contributed by atoms with Gasteiger partial charge in [-0.3, -0.25) is 0 Å². The number of nitrogen functional groups attached to an aromatic ring is 1. The Kier molecular flexibility index (Phi) is 4.70. The first-order valence-corrected chi connectivity index (χ1v) is 8.38. The Morgan fingerprint density at radius 2 is 1.76 bits per heavy atom. The zero-order valence-corrected chi connectivity index (χ0v) is 12.6. The van der Waals surface area contributed by atoms with E-state index in [1.165, 1.54) is 6.26 Å². The molecule has 112 valence electrons. The van der Waals surface area contributed by atoms with Gasteiger partial charge < -0.3 is 15.8 Å². The molecule has 0 bridgehead atoms. The molecule has 0 aliphatic rings. The Labute approximate surface area is 124 Å². The number of hydrogen-bond acceptors (Lipinski definition) is 5. The second-order valence-electron chi connectivity index (χ2n) is 4.58. The van der Waals surface area contributed by atoms with Crippen LogP contribution in [0.25, 0.3) is 0 Å². The highest BCUT2D eigenvalue weighted by atomic mass is 32.2. The average molecular weight is 306 g/mol. The van der Waals surface area contributed by atoms with E-state index in [-0.39, 0.29) is 4.90 Å². The van der Waals surface area contributed by atoms with Crippen LogP contribution in [0.15, 0.2) is 53.4 Å². The smallest absolute Gasteiger partial charge is 0.177 e. The number of nitrogens with one attached hydrogen (secondary N) is 1. The quantitative estimate of drug-likeness (QED) is 0.631. The van der Waals surface area contributed by atoms with Crippen LogP contribution in [-0.2, 0) is 9.84 Å². The van der Waals surface area contributed by atoms with E-state index in [2.05, 4.69) is 5.32 Å². The molecule has 21 heavy (non-hydrogen) atoms. The first-order chi connectivity index (χ1) is 9.98. The van der Waals surface area contributed by atoms with Crippen molar-refractivity contribution in [1.29, 1.82) is 0 Å². The number of hydrogen-bond donors (Lipinski definition) is 2. The van der Waals surface area contributed by atoms with E-state index < -0.39 is 9.84 Å². The maximum absolute atomic E-state index is 11.7. The first-order valence-electron chi connectivity index (χ1n) is 6.49. The van der Waals surface area contributed by atoms with Gasteiger partial charge in [-0.05, 0) is 24.3 Å². The van der Waals surface area contributed by atoms with Crippen molar-refractivity contribution in [2.45, 2.75) is 4.90 Å². The maximum Gasteiger partial charge on any atom is 0.177 e. The SMILES string of the molecule is CS(=O)(=O)c1ccccc1NCCOc1ccccc1N. The number of benzene rings is 2. The third-order valence-electron chi connectivity index (χ3n) is 2.88. The van der Waals surface area contributed by atoms with Gasteiger partial charge in [-0.1, -0.05) is 24.3 Å². The molecular formula is C15H18N2O3S. The lowest BCUT2D eigenvalue weighted by molar-refractivity contribution is 0.334. The van der Waals surface area contributed by atoms with Gasteiger partial charge in [0.25, 0.3) is 0 Å². The van der Waals surface area contributed by atoms with E-state index >= 15 is 0 Å². The van der Waals surface area contributed by atoms with Gasteiger partial charge in [-0.2, -0.15) is 0 Å². The zero-order chi connectivity index (χ0) is 15.3. The van der Waals surface area contributed by atoms with Crippen molar-refractivity contribution in [1.82, 2.24) is 0 Å². The lowest BCUT2D eigenvalue weighted by atomic mass is 10.3. The summed E-state index contributed by atoms with van der Waals surface area (Å²) in [5, 5.41) is 3.06. The second-order valence-corrected chi connectivity index (χ2v) is 6.57. The summed E-state index contributed by atoms with van der Waals surface area (Å²) in [6.07, 6.45) is 1.19. The molecule has 0 saturated heterocycles. The normalized spacial score (nSPS) is 11.1. The highest BCUT2D eigenvalue weighted by Crippen LogP contribution is 2.21. The molecule has 0 amide bonds. The predicted octanol–water partition coefficient (Wildman–Crippen LogP) is 2.16. The van der Waals surface area contributed by atoms with Crippen molar-refractivity contribution in [3.63, 3.8) is 0 Å². The first kappa shape index (κ1) is 15.2. The zero-order valence-electron chi connectivity index (χ0n) is 11.7. The number of para-hydroxylation sites is 3. The lowest BCUT2D eigenvalue weighted by Gasteiger charge is -2.12. The molecule has 0 fully saturated rings. The van der Waals surface area contributed by atoms with Crippen LogP contribution in [0.1, 0.15) is 0 Å². The molecule has 0 aliphatic carbocycles. The van der Waals surface area contributed by atoms with Crippen LogP contribution in [0.4, 0.5) is 11.4 Å². The minimum atomic E-state index is -3.25. The Bertz CT molecular complexity index is 714. The van der Waals surface area contributed by atoms with Gasteiger partial charge in [0.1, 0.15) is 12.4 Å². The molecule has 0 atom stereocenters. The third kappa shape index (κ3) is 4.13. The molecule has 0 radical (unpaired) electrons. The monoisotopic (exact) mass is 306 g/mol. The summed E-state index contributed by atoms with van der Waals surface area (Å²) in [4.78, 5) is 0.282. The van der Waals surface area contributed by atoms with Crippen LogP contribution in [0.3, 0.4) is 0 Å². The fraction of sp³-hybridized carbons (Fsp3) is 0.200. The maximum atomic E-state index is 11.7. The van der Waals surface area contributed by atoms with Gasteiger partial charge in [-0.15, -0.1) is 0 Å². The molecule has 0 saturated carbocycles. The second kappa shape index (κ2) is 6.49. The fourth-order valence-electron chi connectivity index (χ4n) is 1.89. The molecule has 6 heteroatoms. The van der Waals surface area contributed by atoms with Gasteiger partial charge in [0, 0.05) is 12.8 Å². The van der Waals surface area contributed by atoms with Crippen molar-refractivity contribution >= 4 is 21.2 Å². The number of nitrogens with two attached hydrogens (primary N) is 1. The summed E-state index contributed by atoms with van der Waals surface area (Å²) < 4.78 is 28.9. The third-order valence-corrected chi connectivity index (χ3v) is 4.04. The Morgan fingerprint density at radius 3 is 2.48 bits per heavy atom. The van der Waals surface area contributed by atoms with Crippen LogP contribution >= 0.6 is 0 Å². The number of ether oxygens (including phenoxy) is 1. The van der Waals surface area contributed by atoms with E-state index in [4.69, 9.17) is 10.5 Å². The standard InChI is InChI=1S/C15H18N2O3S/c1-21(18,19)15-9-5-3-7-13(15)17-10-11-20-14-8-4-2-6-12(14)16/h2-9,17H,10-11,16H2,1H3. The average Bonchev–Trinajstić information content (AvgIpc) is 2.45. The molecule has 0 heterocycles. The summed E-state index contributed by atoms with van der Waals surface area (Å²) in [6.45, 7) is 0.854. The van der Waals surface area contributed by atoms with Crippen LogP contribution in [0.2, 0.25) is 0 Å². The molecule has 0 spiro atoms. The Hall–Kier alpha value is -2.21. The lowest BCUT2D eigenvalue weighted by Crippen LogP contribution is -2.14. The van der Waals surface area contributed by atoms with Crippen molar-refractivity contribution in [2.24, 2.45) is 0 Å². The van der Waals surface area contributed by atoms with Crippen molar-refractivity contribution in [2.75, 3.05) is 30.5 Å². The van der Waals surface area contributed by atoms with Crippen LogP contribution in [-0.4, -0.2) is 27.8 Å². The minimum absolute atomic E-state index is 0.282. The molecule has 5 nitrogen and oxygen atoms in total. The molecule has 0 aliphatic heterocycles. The fourth-order valence-corrected chi connectivity index (χ4v) is 2.76. The molecule has 2 aromatic carbocycles. The van der Waals surface area contributed by atoms with Gasteiger partial charge in [0.05, 0.1) is 16.3 Å². The molecule has 2 aromatic rings. The largest absolute Gasteiger partial charge is 0.490 e. The molecule has 3 N–H and O–H groups in total. The topological polar surface area (TPSA) is 81.4 Å². The van der Waals surface area contributed by atoms with E-state index in [1.54, 1.807) is 36.4 Å². The van der Waals surface area contributed by atoms with Crippen LogP contribution in [0.5, 0.6) is 5.75 Å². The van der Waals surface area contributed by atoms with Crippen molar-refractivity contribution in [3.8, 4) is 5.75 Å². The molecular weight excluding hydrogens is 288 g/mol. The minimum Gasteiger partial charge on any atom is -0.490 e. The Balaban J connectivity index is 1.95. The van der Waals surface area contributed by atoms with E-state index in [0.29, 0.717) is 30.3 Å². The van der Waals surface area contributed by atoms with Gasteiger partial charge in [0.15, 0.2) is 9.84 Å². The summed E-state index contributed by atoms with van der Waals surface area (Å²) >= 11 is 0. The number of anilines is 2. The number of rotatable bonds is 6. The summed E-state index contributed by atoms with van der Waals surface area (Å²) in [5.41, 5.74) is 6.92. The molecule has 2 rings (SSSR count). The molecule has 0 aromatic heterocycles. The van der Waals surface area contributed by atoms with Crippen molar-refractivity contribution < 1.29 is 13.2 Å². The van der Waals surface area contributed by atoms with E-state index in [0.717, 1.165) is 0 Å². The highest BCUT2D eigenvalue weighted by molar-refractivity contribution is 7.90.